The minimum absolute atomic E-state index is 0.0315. The summed E-state index contributed by atoms with van der Waals surface area (Å²) in [5, 5.41) is 2.93. The Bertz CT molecular complexity index is 1140. The van der Waals surface area contributed by atoms with E-state index in [-0.39, 0.29) is 24.3 Å². The van der Waals surface area contributed by atoms with Gasteiger partial charge in [0, 0.05) is 35.9 Å². The molecule has 1 aliphatic heterocycles. The highest BCUT2D eigenvalue weighted by molar-refractivity contribution is 9.10. The van der Waals surface area contributed by atoms with Gasteiger partial charge in [-0.3, -0.25) is 4.79 Å². The minimum atomic E-state index is -0.608. The van der Waals surface area contributed by atoms with Crippen molar-refractivity contribution in [3.8, 4) is 0 Å². The van der Waals surface area contributed by atoms with Crippen molar-refractivity contribution in [2.75, 3.05) is 13.1 Å². The molecule has 35 heavy (non-hydrogen) atoms. The fourth-order valence-corrected chi connectivity index (χ4v) is 4.75. The normalized spacial score (nSPS) is 17.3. The van der Waals surface area contributed by atoms with Crippen molar-refractivity contribution in [2.24, 2.45) is 0 Å². The smallest absolute Gasteiger partial charge is 0.407 e. The number of likely N-dealkylation sites (tertiary alicyclic amines) is 1. The number of aromatic nitrogens is 2. The molecule has 0 unspecified atom stereocenters. The molecule has 2 heterocycles. The Balaban J connectivity index is 1.44. The van der Waals surface area contributed by atoms with Crippen LogP contribution in [0.3, 0.4) is 0 Å². The van der Waals surface area contributed by atoms with E-state index in [0.29, 0.717) is 19.5 Å². The third-order valence-corrected chi connectivity index (χ3v) is 6.63. The van der Waals surface area contributed by atoms with Crippen molar-refractivity contribution in [2.45, 2.75) is 64.0 Å². The number of nitrogens with zero attached hydrogens (tertiary/aromatic N) is 2. The Labute approximate surface area is 214 Å². The van der Waals surface area contributed by atoms with E-state index in [1.165, 1.54) is 0 Å². The van der Waals surface area contributed by atoms with E-state index in [9.17, 15) is 9.59 Å². The molecule has 0 radical (unpaired) electrons. The van der Waals surface area contributed by atoms with Gasteiger partial charge in [0.25, 0.3) is 0 Å². The van der Waals surface area contributed by atoms with Crippen LogP contribution in [0.25, 0.3) is 11.0 Å². The Kier molecular flexibility index (Phi) is 7.79. The third kappa shape index (κ3) is 7.07. The second-order valence-electron chi connectivity index (χ2n) is 10.2. The number of carbonyl (C=O) groups excluding carboxylic acids is 2. The Hall–Kier alpha value is -2.87. The quantitative estimate of drug-likeness (QED) is 0.428. The molecule has 0 aliphatic carbocycles. The number of carbonyl (C=O) groups is 2. The van der Waals surface area contributed by atoms with Crippen molar-refractivity contribution in [3.05, 3.63) is 64.4 Å². The number of halogens is 1. The Morgan fingerprint density at radius 1 is 1.20 bits per heavy atom. The van der Waals surface area contributed by atoms with Gasteiger partial charge >= 0.3 is 6.09 Å². The maximum atomic E-state index is 13.4. The van der Waals surface area contributed by atoms with Gasteiger partial charge in [0.1, 0.15) is 11.4 Å². The van der Waals surface area contributed by atoms with Gasteiger partial charge in [-0.15, -0.1) is 0 Å². The van der Waals surface area contributed by atoms with Gasteiger partial charge in [0.15, 0.2) is 0 Å². The average molecular weight is 541 g/mol. The van der Waals surface area contributed by atoms with Crippen LogP contribution < -0.4 is 5.32 Å². The molecule has 0 saturated carbocycles. The molecule has 4 rings (SSSR count). The Morgan fingerprint density at radius 3 is 2.66 bits per heavy atom. The third-order valence-electron chi connectivity index (χ3n) is 6.11. The van der Waals surface area contributed by atoms with Crippen LogP contribution in [0, 0.1) is 0 Å². The molecular weight excluding hydrogens is 508 g/mol. The fraction of sp³-hybridized carbons (Fsp3) is 0.444. The zero-order valence-corrected chi connectivity index (χ0v) is 22.1. The number of para-hydroxylation sites is 2. The summed E-state index contributed by atoms with van der Waals surface area (Å²) in [4.78, 5) is 36.0. The number of H-pyrrole nitrogens is 1. The molecular formula is C27H33BrN4O3. The van der Waals surface area contributed by atoms with Crippen LogP contribution >= 0.6 is 15.9 Å². The number of alkyl carbamates (subject to hydrolysis) is 1. The minimum Gasteiger partial charge on any atom is -0.444 e. The highest BCUT2D eigenvalue weighted by Gasteiger charge is 2.29. The molecule has 2 N–H and O–H groups in total. The number of rotatable bonds is 6. The summed E-state index contributed by atoms with van der Waals surface area (Å²) in [7, 11) is 0. The number of fused-ring (bicyclic) bond motifs is 1. The summed E-state index contributed by atoms with van der Waals surface area (Å²) in [5.41, 5.74) is 2.40. The number of hydrogen-bond donors (Lipinski definition) is 2. The second-order valence-corrected chi connectivity index (χ2v) is 11.1. The zero-order valence-electron chi connectivity index (χ0n) is 20.5. The predicted octanol–water partition coefficient (Wildman–Crippen LogP) is 5.56. The number of hydrogen-bond acceptors (Lipinski definition) is 4. The van der Waals surface area contributed by atoms with E-state index in [4.69, 9.17) is 9.72 Å². The van der Waals surface area contributed by atoms with Gasteiger partial charge in [-0.1, -0.05) is 40.2 Å². The SMILES string of the molecule is CC(C)(C)OC(=O)N[C@@H](CC(=O)N1CCC[C@@H](c2nc3ccccc3[nH]2)C1)Cc1ccc(Br)cc1. The summed E-state index contributed by atoms with van der Waals surface area (Å²) in [6.45, 7) is 6.82. The number of ether oxygens (including phenoxy) is 1. The fourth-order valence-electron chi connectivity index (χ4n) is 4.49. The maximum absolute atomic E-state index is 13.4. The van der Waals surface area contributed by atoms with Crippen LogP contribution in [-0.2, 0) is 16.0 Å². The van der Waals surface area contributed by atoms with Crippen LogP contribution in [-0.4, -0.2) is 51.6 Å². The van der Waals surface area contributed by atoms with E-state index in [2.05, 4.69) is 26.2 Å². The van der Waals surface area contributed by atoms with Crippen molar-refractivity contribution in [3.63, 3.8) is 0 Å². The molecule has 186 valence electrons. The molecule has 1 aliphatic rings. The highest BCUT2D eigenvalue weighted by Crippen LogP contribution is 2.27. The lowest BCUT2D eigenvalue weighted by atomic mass is 9.96. The van der Waals surface area contributed by atoms with E-state index in [1.807, 2.05) is 74.2 Å². The number of aromatic amines is 1. The van der Waals surface area contributed by atoms with Crippen LogP contribution in [0.5, 0.6) is 0 Å². The molecule has 1 fully saturated rings. The van der Waals surface area contributed by atoms with Crippen LogP contribution in [0.4, 0.5) is 4.79 Å². The molecule has 2 aromatic carbocycles. The molecule has 0 bridgehead atoms. The van der Waals surface area contributed by atoms with Gasteiger partial charge in [-0.25, -0.2) is 9.78 Å². The van der Waals surface area contributed by atoms with Gasteiger partial charge in [-0.05, 0) is 69.9 Å². The topological polar surface area (TPSA) is 87.3 Å². The van der Waals surface area contributed by atoms with E-state index in [1.54, 1.807) is 0 Å². The highest BCUT2D eigenvalue weighted by atomic mass is 79.9. The summed E-state index contributed by atoms with van der Waals surface area (Å²) < 4.78 is 6.45. The van der Waals surface area contributed by atoms with Crippen molar-refractivity contribution < 1.29 is 14.3 Å². The molecule has 8 heteroatoms. The number of piperidine rings is 1. The van der Waals surface area contributed by atoms with Gasteiger partial charge in [0.05, 0.1) is 11.0 Å². The van der Waals surface area contributed by atoms with Gasteiger partial charge in [0.2, 0.25) is 5.91 Å². The first-order valence-corrected chi connectivity index (χ1v) is 12.9. The second kappa shape index (κ2) is 10.8. The summed E-state index contributed by atoms with van der Waals surface area (Å²) in [5.74, 6) is 1.13. The number of benzene rings is 2. The summed E-state index contributed by atoms with van der Waals surface area (Å²) in [6.07, 6.45) is 2.15. The molecule has 2 atom stereocenters. The van der Waals surface area contributed by atoms with Crippen molar-refractivity contribution in [1.29, 1.82) is 0 Å². The van der Waals surface area contributed by atoms with Gasteiger partial charge < -0.3 is 19.9 Å². The summed E-state index contributed by atoms with van der Waals surface area (Å²) in [6, 6.07) is 15.5. The molecule has 0 spiro atoms. The lowest BCUT2D eigenvalue weighted by Crippen LogP contribution is -2.45. The average Bonchev–Trinajstić information content (AvgIpc) is 3.24. The summed E-state index contributed by atoms with van der Waals surface area (Å²) >= 11 is 3.46. The monoisotopic (exact) mass is 540 g/mol. The van der Waals surface area contributed by atoms with Crippen LogP contribution in [0.15, 0.2) is 53.0 Å². The molecule has 7 nitrogen and oxygen atoms in total. The lowest BCUT2D eigenvalue weighted by Gasteiger charge is -2.33. The maximum Gasteiger partial charge on any atom is 0.407 e. The standard InChI is InChI=1S/C27H33BrN4O3/c1-27(2,3)35-26(34)29-21(15-18-10-12-20(28)13-11-18)16-24(33)32-14-6-7-19(17-32)25-30-22-8-4-5-9-23(22)31-25/h4-5,8-13,19,21H,6-7,14-17H2,1-3H3,(H,29,34)(H,30,31)/t19-,21-/m1/s1. The first-order valence-electron chi connectivity index (χ1n) is 12.1. The first-order chi connectivity index (χ1) is 16.7. The predicted molar refractivity (Wildman–Crippen MR) is 140 cm³/mol. The molecule has 1 aromatic heterocycles. The van der Waals surface area contributed by atoms with Crippen molar-refractivity contribution in [1.82, 2.24) is 20.2 Å². The van der Waals surface area contributed by atoms with Gasteiger partial charge in [-0.2, -0.15) is 0 Å². The molecule has 1 saturated heterocycles. The number of amides is 2. The first kappa shape index (κ1) is 25.2. The molecule has 2 amide bonds. The lowest BCUT2D eigenvalue weighted by molar-refractivity contribution is -0.132. The zero-order chi connectivity index (χ0) is 25.0. The molecule has 3 aromatic rings. The van der Waals surface area contributed by atoms with E-state index >= 15 is 0 Å². The number of nitrogens with one attached hydrogen (secondary N) is 2. The largest absolute Gasteiger partial charge is 0.444 e. The van der Waals surface area contributed by atoms with Crippen molar-refractivity contribution >= 4 is 39.0 Å². The van der Waals surface area contributed by atoms with Crippen LogP contribution in [0.1, 0.15) is 57.3 Å². The number of imidazole rings is 1. The Morgan fingerprint density at radius 2 is 1.94 bits per heavy atom. The van der Waals surface area contributed by atoms with E-state index < -0.39 is 11.7 Å². The van der Waals surface area contributed by atoms with Crippen LogP contribution in [0.2, 0.25) is 0 Å². The van der Waals surface area contributed by atoms with E-state index in [0.717, 1.165) is 39.7 Å².